The van der Waals surface area contributed by atoms with Gasteiger partial charge in [0.2, 0.25) is 0 Å². The maximum Gasteiger partial charge on any atom is 0.0253 e. The minimum absolute atomic E-state index is 0.392. The average molecular weight is 284 g/mol. The fraction of sp³-hybridized carbons (Fsp3) is 0.684. The van der Waals surface area contributed by atoms with Gasteiger partial charge in [0.25, 0.3) is 0 Å². The summed E-state index contributed by atoms with van der Waals surface area (Å²) < 4.78 is 0. The van der Waals surface area contributed by atoms with Crippen LogP contribution in [-0.4, -0.2) is 30.1 Å². The molecule has 0 radical (unpaired) electrons. The van der Waals surface area contributed by atoms with Crippen molar-refractivity contribution in [3.05, 3.63) is 35.9 Å². The second-order valence-electron chi connectivity index (χ2n) is 7.56. The summed E-state index contributed by atoms with van der Waals surface area (Å²) in [5.41, 5.74) is 8.03. The first kappa shape index (κ1) is 13.8. The number of hydrogen-bond acceptors (Lipinski definition) is 2. The quantitative estimate of drug-likeness (QED) is 0.902. The number of benzene rings is 1. The first-order valence-corrected chi connectivity index (χ1v) is 8.86. The molecule has 4 rings (SSSR count). The summed E-state index contributed by atoms with van der Waals surface area (Å²) >= 11 is 0. The van der Waals surface area contributed by atoms with Gasteiger partial charge in [-0.3, -0.25) is 4.90 Å². The van der Waals surface area contributed by atoms with Crippen LogP contribution in [0.5, 0.6) is 0 Å². The van der Waals surface area contributed by atoms with E-state index >= 15 is 0 Å². The lowest BCUT2D eigenvalue weighted by atomic mass is 9.78. The van der Waals surface area contributed by atoms with Crippen molar-refractivity contribution in [1.29, 1.82) is 0 Å². The molecule has 5 atom stereocenters. The summed E-state index contributed by atoms with van der Waals surface area (Å²) in [6.07, 6.45) is 8.12. The summed E-state index contributed by atoms with van der Waals surface area (Å²) in [5, 5.41) is 0. The Labute approximate surface area is 128 Å². The number of hydrogen-bond donors (Lipinski definition) is 1. The Morgan fingerprint density at radius 2 is 1.62 bits per heavy atom. The van der Waals surface area contributed by atoms with E-state index in [4.69, 9.17) is 5.73 Å². The van der Waals surface area contributed by atoms with Gasteiger partial charge in [-0.25, -0.2) is 0 Å². The molecule has 1 aliphatic heterocycles. The summed E-state index contributed by atoms with van der Waals surface area (Å²) in [6.45, 7) is 2.65. The zero-order valence-electron chi connectivity index (χ0n) is 13.0. The Bertz CT molecular complexity index is 460. The molecule has 21 heavy (non-hydrogen) atoms. The molecule has 1 heterocycles. The lowest BCUT2D eigenvalue weighted by Crippen LogP contribution is -2.50. The summed E-state index contributed by atoms with van der Waals surface area (Å²) in [5.74, 6) is 2.68. The fourth-order valence-corrected chi connectivity index (χ4v) is 5.16. The van der Waals surface area contributed by atoms with Gasteiger partial charge < -0.3 is 5.73 Å². The molecular weight excluding hydrogens is 256 g/mol. The monoisotopic (exact) mass is 284 g/mol. The molecule has 3 fully saturated rings. The molecule has 2 heteroatoms. The largest absolute Gasteiger partial charge is 0.326 e. The van der Waals surface area contributed by atoms with E-state index in [-0.39, 0.29) is 0 Å². The van der Waals surface area contributed by atoms with Gasteiger partial charge in [-0.2, -0.15) is 0 Å². The van der Waals surface area contributed by atoms with Gasteiger partial charge in [-0.15, -0.1) is 0 Å². The molecule has 0 amide bonds. The first-order chi connectivity index (χ1) is 10.3. The maximum absolute atomic E-state index is 6.51. The van der Waals surface area contributed by atoms with Gasteiger partial charge in [-0.1, -0.05) is 36.8 Å². The van der Waals surface area contributed by atoms with Gasteiger partial charge in [0, 0.05) is 25.2 Å². The predicted octanol–water partition coefficient (Wildman–Crippen LogP) is 3.38. The molecule has 2 nitrogen and oxygen atoms in total. The minimum Gasteiger partial charge on any atom is -0.326 e. The van der Waals surface area contributed by atoms with E-state index in [1.165, 1.54) is 57.2 Å². The SMILES string of the molecule is NC1CCC(c2ccccc2)CC1N1CC2CCCC2C1. The molecule has 1 aromatic rings. The second kappa shape index (κ2) is 5.73. The molecule has 5 unspecified atom stereocenters. The van der Waals surface area contributed by atoms with Crippen molar-refractivity contribution in [2.24, 2.45) is 17.6 Å². The summed E-state index contributed by atoms with van der Waals surface area (Å²) in [6, 6.07) is 12.1. The Morgan fingerprint density at radius 3 is 2.33 bits per heavy atom. The Balaban J connectivity index is 1.47. The molecule has 114 valence electrons. The van der Waals surface area contributed by atoms with Gasteiger partial charge in [0.1, 0.15) is 0 Å². The maximum atomic E-state index is 6.51. The number of likely N-dealkylation sites (tertiary alicyclic amines) is 1. The molecule has 2 aliphatic carbocycles. The van der Waals surface area contributed by atoms with Crippen molar-refractivity contribution < 1.29 is 0 Å². The minimum atomic E-state index is 0.392. The molecular formula is C19H28N2. The molecule has 1 saturated heterocycles. The van der Waals surface area contributed by atoms with E-state index in [1.807, 2.05) is 0 Å². The fourth-order valence-electron chi connectivity index (χ4n) is 5.16. The number of fused-ring (bicyclic) bond motifs is 1. The smallest absolute Gasteiger partial charge is 0.0253 e. The average Bonchev–Trinajstić information content (AvgIpc) is 3.10. The van der Waals surface area contributed by atoms with Crippen molar-refractivity contribution in [1.82, 2.24) is 4.90 Å². The first-order valence-electron chi connectivity index (χ1n) is 8.86. The van der Waals surface area contributed by atoms with E-state index in [0.29, 0.717) is 12.1 Å². The summed E-state index contributed by atoms with van der Waals surface area (Å²) in [7, 11) is 0. The predicted molar refractivity (Wildman–Crippen MR) is 87.2 cm³/mol. The third-order valence-electron chi connectivity index (χ3n) is 6.36. The van der Waals surface area contributed by atoms with Crippen LogP contribution in [0.2, 0.25) is 0 Å². The topological polar surface area (TPSA) is 29.3 Å². The molecule has 3 aliphatic rings. The van der Waals surface area contributed by atoms with E-state index in [0.717, 1.165) is 17.8 Å². The molecule has 0 bridgehead atoms. The number of rotatable bonds is 2. The second-order valence-corrected chi connectivity index (χ2v) is 7.56. The molecule has 0 spiro atoms. The normalized spacial score (nSPS) is 40.3. The van der Waals surface area contributed by atoms with Crippen LogP contribution in [0.25, 0.3) is 0 Å². The standard InChI is InChI=1S/C19H28N2/c20-18-10-9-15(14-5-2-1-3-6-14)11-19(18)21-12-16-7-4-8-17(16)13-21/h1-3,5-6,15-19H,4,7-13,20H2. The number of nitrogens with two attached hydrogens (primary N) is 1. The van der Waals surface area contributed by atoms with Crippen molar-refractivity contribution in [3.63, 3.8) is 0 Å². The van der Waals surface area contributed by atoms with Gasteiger partial charge in [-0.05, 0) is 55.4 Å². The van der Waals surface area contributed by atoms with E-state index in [2.05, 4.69) is 35.2 Å². The van der Waals surface area contributed by atoms with E-state index in [9.17, 15) is 0 Å². The van der Waals surface area contributed by atoms with Crippen molar-refractivity contribution in [3.8, 4) is 0 Å². The van der Waals surface area contributed by atoms with Crippen molar-refractivity contribution in [2.45, 2.75) is 56.5 Å². The third-order valence-corrected chi connectivity index (χ3v) is 6.36. The Kier molecular flexibility index (Phi) is 3.76. The zero-order chi connectivity index (χ0) is 14.2. The molecule has 2 saturated carbocycles. The summed E-state index contributed by atoms with van der Waals surface area (Å²) in [4.78, 5) is 2.76. The highest BCUT2D eigenvalue weighted by Crippen LogP contribution is 2.42. The van der Waals surface area contributed by atoms with Crippen LogP contribution in [-0.2, 0) is 0 Å². The molecule has 2 N–H and O–H groups in total. The van der Waals surface area contributed by atoms with Gasteiger partial charge in [0.05, 0.1) is 0 Å². The van der Waals surface area contributed by atoms with Crippen LogP contribution in [0.15, 0.2) is 30.3 Å². The lowest BCUT2D eigenvalue weighted by molar-refractivity contribution is 0.146. The Hall–Kier alpha value is -0.860. The molecule has 0 aromatic heterocycles. The lowest BCUT2D eigenvalue weighted by Gasteiger charge is -2.40. The van der Waals surface area contributed by atoms with Crippen LogP contribution in [0.4, 0.5) is 0 Å². The highest BCUT2D eigenvalue weighted by Gasteiger charge is 2.41. The highest BCUT2D eigenvalue weighted by molar-refractivity contribution is 5.21. The van der Waals surface area contributed by atoms with Gasteiger partial charge in [0.15, 0.2) is 0 Å². The number of nitrogens with zero attached hydrogens (tertiary/aromatic N) is 1. The van der Waals surface area contributed by atoms with Crippen LogP contribution in [0, 0.1) is 11.8 Å². The van der Waals surface area contributed by atoms with E-state index in [1.54, 1.807) is 0 Å². The van der Waals surface area contributed by atoms with Crippen LogP contribution in [0.1, 0.15) is 50.0 Å². The van der Waals surface area contributed by atoms with Crippen LogP contribution < -0.4 is 5.73 Å². The third kappa shape index (κ3) is 2.64. The van der Waals surface area contributed by atoms with Crippen LogP contribution in [0.3, 0.4) is 0 Å². The van der Waals surface area contributed by atoms with E-state index < -0.39 is 0 Å². The van der Waals surface area contributed by atoms with Gasteiger partial charge >= 0.3 is 0 Å². The zero-order valence-corrected chi connectivity index (χ0v) is 13.0. The Morgan fingerprint density at radius 1 is 0.905 bits per heavy atom. The highest BCUT2D eigenvalue weighted by atomic mass is 15.2. The van der Waals surface area contributed by atoms with Crippen molar-refractivity contribution in [2.75, 3.05) is 13.1 Å². The van der Waals surface area contributed by atoms with Crippen LogP contribution >= 0.6 is 0 Å². The molecule has 1 aromatic carbocycles. The van der Waals surface area contributed by atoms with Crippen molar-refractivity contribution >= 4 is 0 Å².